The summed E-state index contributed by atoms with van der Waals surface area (Å²) in [5.74, 6) is 0.498. The molecule has 1 atom stereocenters. The molecule has 2 aliphatic heterocycles. The van der Waals surface area contributed by atoms with E-state index < -0.39 is 0 Å². The van der Waals surface area contributed by atoms with Crippen molar-refractivity contribution < 1.29 is 19.1 Å². The molecular weight excluding hydrogens is 392 g/mol. The highest BCUT2D eigenvalue weighted by molar-refractivity contribution is 6.09. The fourth-order valence-corrected chi connectivity index (χ4v) is 4.51. The average Bonchev–Trinajstić information content (AvgIpc) is 2.76. The number of carbonyl (C=O) groups excluding carboxylic acids is 2. The number of hydrogen-bond acceptors (Lipinski definition) is 5. The number of ether oxygens (including phenoxy) is 2. The van der Waals surface area contributed by atoms with E-state index in [2.05, 4.69) is 6.92 Å². The van der Waals surface area contributed by atoms with Crippen LogP contribution in [0.5, 0.6) is 11.5 Å². The molecule has 170 valence electrons. The summed E-state index contributed by atoms with van der Waals surface area (Å²) in [6.07, 6.45) is 12.4. The molecule has 2 N–H and O–H groups in total. The lowest BCUT2D eigenvalue weighted by molar-refractivity contribution is -0.145. The number of imide groups is 1. The van der Waals surface area contributed by atoms with E-state index in [0.29, 0.717) is 23.6 Å². The number of fused-ring (bicyclic) bond motifs is 3. The first-order valence-electron chi connectivity index (χ1n) is 11.8. The number of amides is 2. The summed E-state index contributed by atoms with van der Waals surface area (Å²) in [4.78, 5) is 27.2. The van der Waals surface area contributed by atoms with Gasteiger partial charge in [-0.2, -0.15) is 0 Å². The highest BCUT2D eigenvalue weighted by atomic mass is 16.5. The van der Waals surface area contributed by atoms with Crippen LogP contribution in [0.3, 0.4) is 0 Å². The summed E-state index contributed by atoms with van der Waals surface area (Å²) in [5.41, 5.74) is 7.32. The molecule has 6 nitrogen and oxygen atoms in total. The quantitative estimate of drug-likeness (QED) is 0.373. The van der Waals surface area contributed by atoms with Crippen molar-refractivity contribution in [1.82, 2.24) is 4.90 Å². The van der Waals surface area contributed by atoms with Gasteiger partial charge >= 0.3 is 0 Å². The van der Waals surface area contributed by atoms with E-state index in [0.717, 1.165) is 24.8 Å². The third kappa shape index (κ3) is 5.60. The van der Waals surface area contributed by atoms with Gasteiger partial charge in [-0.1, -0.05) is 70.8 Å². The molecule has 6 heteroatoms. The zero-order valence-corrected chi connectivity index (χ0v) is 19.0. The van der Waals surface area contributed by atoms with E-state index >= 15 is 0 Å². The molecule has 2 amide bonds. The summed E-state index contributed by atoms with van der Waals surface area (Å²) < 4.78 is 11.0. The lowest BCUT2D eigenvalue weighted by Crippen LogP contribution is -2.47. The van der Waals surface area contributed by atoms with Gasteiger partial charge in [-0.15, -0.1) is 0 Å². The lowest BCUT2D eigenvalue weighted by atomic mass is 9.82. The molecule has 1 unspecified atom stereocenters. The molecule has 0 radical (unpaired) electrons. The largest absolute Gasteiger partial charge is 0.497 e. The van der Waals surface area contributed by atoms with E-state index in [9.17, 15) is 9.59 Å². The Labute approximate surface area is 185 Å². The number of piperidine rings is 1. The zero-order chi connectivity index (χ0) is 22.2. The van der Waals surface area contributed by atoms with E-state index in [1.165, 1.54) is 49.8 Å². The third-order valence-electron chi connectivity index (χ3n) is 6.32. The van der Waals surface area contributed by atoms with E-state index in [1.807, 2.05) is 12.1 Å². The highest BCUT2D eigenvalue weighted by Gasteiger charge is 2.43. The molecule has 3 rings (SSSR count). The normalized spacial score (nSPS) is 18.0. The molecule has 0 bridgehead atoms. The van der Waals surface area contributed by atoms with Gasteiger partial charge in [0.15, 0.2) is 5.88 Å². The lowest BCUT2D eigenvalue weighted by Gasteiger charge is -2.36. The Balaban J connectivity index is 1.50. The van der Waals surface area contributed by atoms with Crippen molar-refractivity contribution >= 4 is 11.8 Å². The summed E-state index contributed by atoms with van der Waals surface area (Å²) in [6.45, 7) is 2.69. The predicted molar refractivity (Wildman–Crippen MR) is 121 cm³/mol. The van der Waals surface area contributed by atoms with Crippen LogP contribution in [0, 0.1) is 0 Å². The van der Waals surface area contributed by atoms with Gasteiger partial charge in [-0.25, -0.2) is 0 Å². The second-order valence-corrected chi connectivity index (χ2v) is 8.57. The number of nitrogens with zero attached hydrogens (tertiary/aromatic N) is 1. The molecule has 0 saturated carbocycles. The molecular formula is C25H36N2O4. The van der Waals surface area contributed by atoms with Crippen molar-refractivity contribution in [2.24, 2.45) is 5.73 Å². The van der Waals surface area contributed by atoms with Crippen LogP contribution >= 0.6 is 0 Å². The molecule has 1 fully saturated rings. The molecule has 1 aromatic carbocycles. The van der Waals surface area contributed by atoms with Crippen LogP contribution in [-0.2, 0) is 9.59 Å². The van der Waals surface area contributed by atoms with Gasteiger partial charge in [0.1, 0.15) is 11.5 Å². The minimum absolute atomic E-state index is 0.0938. The van der Waals surface area contributed by atoms with Gasteiger partial charge in [-0.05, 0) is 12.5 Å². The van der Waals surface area contributed by atoms with Crippen molar-refractivity contribution in [2.75, 3.05) is 13.7 Å². The molecule has 2 heterocycles. The Morgan fingerprint density at radius 2 is 1.68 bits per heavy atom. The molecule has 2 aliphatic rings. The van der Waals surface area contributed by atoms with Crippen molar-refractivity contribution in [3.63, 3.8) is 0 Å². The summed E-state index contributed by atoms with van der Waals surface area (Å²) in [6, 6.07) is 5.40. The van der Waals surface area contributed by atoms with Crippen LogP contribution in [0.2, 0.25) is 0 Å². The van der Waals surface area contributed by atoms with Gasteiger partial charge in [0, 0.05) is 30.5 Å². The van der Waals surface area contributed by atoms with Crippen molar-refractivity contribution in [3.05, 3.63) is 35.2 Å². The van der Waals surface area contributed by atoms with Gasteiger partial charge in [0.05, 0.1) is 12.7 Å². The van der Waals surface area contributed by atoms with E-state index in [4.69, 9.17) is 15.2 Å². The highest BCUT2D eigenvalue weighted by Crippen LogP contribution is 2.44. The number of likely N-dealkylation sites (tertiary alicyclic amines) is 1. The van der Waals surface area contributed by atoms with Crippen LogP contribution < -0.4 is 15.2 Å². The first kappa shape index (κ1) is 23.2. The van der Waals surface area contributed by atoms with Gasteiger partial charge < -0.3 is 15.2 Å². The summed E-state index contributed by atoms with van der Waals surface area (Å²) in [5, 5.41) is 0. The Kier molecular flexibility index (Phi) is 8.38. The Bertz CT molecular complexity index is 818. The fourth-order valence-electron chi connectivity index (χ4n) is 4.51. The molecule has 1 saturated heterocycles. The Morgan fingerprint density at radius 3 is 2.32 bits per heavy atom. The Hall–Kier alpha value is -2.50. The number of benzene rings is 1. The average molecular weight is 429 g/mol. The monoisotopic (exact) mass is 428 g/mol. The van der Waals surface area contributed by atoms with Gasteiger partial charge in [0.25, 0.3) is 5.91 Å². The molecule has 31 heavy (non-hydrogen) atoms. The number of methoxy groups -OCH3 is 1. The van der Waals surface area contributed by atoms with E-state index in [-0.39, 0.29) is 30.0 Å². The van der Waals surface area contributed by atoms with E-state index in [1.54, 1.807) is 13.2 Å². The number of hydrogen-bond donors (Lipinski definition) is 1. The van der Waals surface area contributed by atoms with Crippen LogP contribution in [0.15, 0.2) is 29.7 Å². The van der Waals surface area contributed by atoms with Gasteiger partial charge in [0.2, 0.25) is 5.91 Å². The van der Waals surface area contributed by atoms with Crippen LogP contribution in [0.1, 0.15) is 89.0 Å². The molecule has 1 aromatic rings. The van der Waals surface area contributed by atoms with Gasteiger partial charge in [-0.3, -0.25) is 14.5 Å². The minimum atomic E-state index is -0.349. The maximum absolute atomic E-state index is 13.1. The molecule has 0 spiro atoms. The Morgan fingerprint density at radius 1 is 1.03 bits per heavy atom. The maximum atomic E-state index is 13.1. The van der Waals surface area contributed by atoms with Crippen LogP contribution in [-0.4, -0.2) is 30.4 Å². The number of rotatable bonds is 12. The molecule has 0 aliphatic carbocycles. The second-order valence-electron chi connectivity index (χ2n) is 8.57. The number of nitrogens with two attached hydrogens (primary N) is 1. The fraction of sp³-hybridized carbons (Fsp3) is 0.600. The second kappa shape index (κ2) is 11.2. The SMILES string of the molecule is CCCCCCCCCCCCN1C(=O)CC2C(=C(N)Oc3cc(OC)ccc32)C1=O. The van der Waals surface area contributed by atoms with Crippen molar-refractivity contribution in [3.8, 4) is 11.5 Å². The number of unbranched alkanes of at least 4 members (excludes halogenated alkanes) is 9. The first-order valence-corrected chi connectivity index (χ1v) is 11.8. The van der Waals surface area contributed by atoms with Crippen LogP contribution in [0.4, 0.5) is 0 Å². The smallest absolute Gasteiger partial charge is 0.262 e. The minimum Gasteiger partial charge on any atom is -0.497 e. The summed E-state index contributed by atoms with van der Waals surface area (Å²) in [7, 11) is 1.58. The van der Waals surface area contributed by atoms with Crippen LogP contribution in [0.25, 0.3) is 0 Å². The predicted octanol–water partition coefficient (Wildman–Crippen LogP) is 5.02. The summed E-state index contributed by atoms with van der Waals surface area (Å²) >= 11 is 0. The zero-order valence-electron chi connectivity index (χ0n) is 19.0. The maximum Gasteiger partial charge on any atom is 0.262 e. The molecule has 0 aromatic heterocycles. The third-order valence-corrected chi connectivity index (χ3v) is 6.32. The standard InChI is InChI=1S/C25H36N2O4/c1-3-4-5-6-7-8-9-10-11-12-15-27-22(28)17-20-19-14-13-18(30-2)16-21(19)31-24(26)23(20)25(27)29/h13-14,16,20H,3-12,15,17,26H2,1-2H3. The van der Waals surface area contributed by atoms with Crippen molar-refractivity contribution in [2.45, 2.75) is 83.5 Å². The first-order chi connectivity index (χ1) is 15.1. The topological polar surface area (TPSA) is 81.9 Å². The van der Waals surface area contributed by atoms with Crippen molar-refractivity contribution in [1.29, 1.82) is 0 Å². The number of carbonyl (C=O) groups is 2.